The summed E-state index contributed by atoms with van der Waals surface area (Å²) in [5, 5.41) is 2.31. The van der Waals surface area contributed by atoms with Crippen LogP contribution in [0.5, 0.6) is 0 Å². The molecule has 212 valence electrons. The van der Waals surface area contributed by atoms with Crippen LogP contribution in [0.2, 0.25) is 0 Å². The molecular weight excluding hydrogens is 513 g/mol. The van der Waals surface area contributed by atoms with Gasteiger partial charge in [0.05, 0.1) is 5.56 Å². The van der Waals surface area contributed by atoms with Crippen molar-refractivity contribution in [2.24, 2.45) is 17.8 Å². The van der Waals surface area contributed by atoms with Crippen LogP contribution >= 0.6 is 11.8 Å². The summed E-state index contributed by atoms with van der Waals surface area (Å²) in [6.45, 7) is 1.44. The topological polar surface area (TPSA) is 69.7 Å². The van der Waals surface area contributed by atoms with Crippen molar-refractivity contribution in [2.75, 3.05) is 19.3 Å². The quantitative estimate of drug-likeness (QED) is 0.221. The number of carbonyl (C=O) groups is 3. The molecule has 39 heavy (non-hydrogen) atoms. The van der Waals surface area contributed by atoms with Crippen LogP contribution in [-0.2, 0) is 16.1 Å². The first kappa shape index (κ1) is 27.3. The summed E-state index contributed by atoms with van der Waals surface area (Å²) < 4.78 is 14.6. The molecule has 3 amide bonds. The van der Waals surface area contributed by atoms with E-state index < -0.39 is 23.7 Å². The summed E-state index contributed by atoms with van der Waals surface area (Å²) in [7, 11) is 2.39. The highest BCUT2D eigenvalue weighted by atomic mass is 32.2. The minimum atomic E-state index is -0.721. The number of hydrogen-bond donors (Lipinski definition) is 1. The van der Waals surface area contributed by atoms with Gasteiger partial charge in [-0.05, 0) is 107 Å². The van der Waals surface area contributed by atoms with Crippen LogP contribution in [0, 0.1) is 23.6 Å². The van der Waals surface area contributed by atoms with Gasteiger partial charge in [0.25, 0.3) is 5.91 Å². The van der Waals surface area contributed by atoms with Gasteiger partial charge in [0.15, 0.2) is 0 Å². The minimum Gasteiger partial charge on any atom is -0.322 e. The Balaban J connectivity index is 0.930. The molecule has 0 aromatic heterocycles. The maximum absolute atomic E-state index is 14.6. The number of halogens is 1. The molecular formula is C31H42FN3O3S. The number of carbonyl (C=O) groups excluding carboxylic acids is 3. The average molecular weight is 556 g/mol. The summed E-state index contributed by atoms with van der Waals surface area (Å²) in [6.07, 6.45) is 15.3. The first-order valence-corrected chi connectivity index (χ1v) is 16.1. The number of nitrogens with one attached hydrogen (secondary N) is 1. The van der Waals surface area contributed by atoms with E-state index in [0.717, 1.165) is 34.8 Å². The molecule has 1 atom stereocenters. The van der Waals surface area contributed by atoms with E-state index in [1.165, 1.54) is 81.7 Å². The first-order chi connectivity index (χ1) is 18.8. The van der Waals surface area contributed by atoms with Crippen LogP contribution < -0.4 is 5.32 Å². The van der Waals surface area contributed by atoms with E-state index in [2.05, 4.69) is 17.3 Å². The van der Waals surface area contributed by atoms with Crippen molar-refractivity contribution in [1.82, 2.24) is 15.1 Å². The van der Waals surface area contributed by atoms with E-state index in [9.17, 15) is 18.8 Å². The molecule has 4 aliphatic carbocycles. The Morgan fingerprint density at radius 2 is 1.67 bits per heavy atom. The number of unbranched alkanes of at least 4 members (excludes halogenated alkanes) is 4. The van der Waals surface area contributed by atoms with E-state index in [4.69, 9.17) is 0 Å². The molecule has 6 aliphatic rings. The molecule has 1 unspecified atom stereocenters. The van der Waals surface area contributed by atoms with Crippen LogP contribution in [0.4, 0.5) is 4.39 Å². The molecule has 7 rings (SSSR count). The first-order valence-electron chi connectivity index (χ1n) is 15.1. The van der Waals surface area contributed by atoms with E-state index in [1.54, 1.807) is 17.8 Å². The molecule has 1 aromatic rings. The third-order valence-corrected chi connectivity index (χ3v) is 11.5. The Morgan fingerprint density at radius 1 is 1.00 bits per heavy atom. The number of thioether (sulfide) groups is 1. The number of rotatable bonds is 11. The molecule has 4 saturated carbocycles. The van der Waals surface area contributed by atoms with Gasteiger partial charge >= 0.3 is 0 Å². The second-order valence-electron chi connectivity index (χ2n) is 13.0. The highest BCUT2D eigenvalue weighted by Crippen LogP contribution is 2.57. The van der Waals surface area contributed by atoms with Gasteiger partial charge in [-0.25, -0.2) is 4.39 Å². The Labute approximate surface area is 235 Å². The molecule has 1 aromatic carbocycles. The number of fused-ring (bicyclic) bond motifs is 1. The van der Waals surface area contributed by atoms with Gasteiger partial charge < -0.3 is 9.80 Å². The lowest BCUT2D eigenvalue weighted by atomic mass is 9.52. The van der Waals surface area contributed by atoms with Crippen LogP contribution in [0.25, 0.3) is 0 Å². The number of piperidine rings is 1. The lowest BCUT2D eigenvalue weighted by Crippen LogP contribution is -2.58. The fourth-order valence-corrected chi connectivity index (χ4v) is 9.75. The highest BCUT2D eigenvalue weighted by Gasteiger charge is 2.52. The molecule has 2 aliphatic heterocycles. The van der Waals surface area contributed by atoms with E-state index in [0.29, 0.717) is 11.1 Å². The Morgan fingerprint density at radius 3 is 2.36 bits per heavy atom. The monoisotopic (exact) mass is 555 g/mol. The van der Waals surface area contributed by atoms with Gasteiger partial charge in [-0.2, -0.15) is 0 Å². The fourth-order valence-electron chi connectivity index (χ4n) is 8.67. The number of nitrogens with zero attached hydrogens (tertiary/aromatic N) is 2. The summed E-state index contributed by atoms with van der Waals surface area (Å²) in [5.41, 5.74) is 1.28. The van der Waals surface area contributed by atoms with E-state index in [-0.39, 0.29) is 30.9 Å². The standard InChI is InChI=1S/C31H42FN3O3S/c1-34(31-16-20-13-21(17-31)15-22(14-20)18-31)11-5-3-2-4-6-12-39-26-9-7-24(32)28-23(26)19-35(30(28)38)25-8-10-27(36)33-29(25)37/h7,9,20-22,25H,2-6,8,10-19H2,1H3,(H,33,36,37). The molecule has 8 heteroatoms. The lowest BCUT2D eigenvalue weighted by molar-refractivity contribution is -0.136. The Kier molecular flexibility index (Phi) is 7.79. The molecule has 0 spiro atoms. The summed E-state index contributed by atoms with van der Waals surface area (Å²) in [6, 6.07) is 2.41. The summed E-state index contributed by atoms with van der Waals surface area (Å²) in [5.74, 6) is 2.15. The molecule has 5 fully saturated rings. The lowest BCUT2D eigenvalue weighted by Gasteiger charge is -2.60. The smallest absolute Gasteiger partial charge is 0.258 e. The molecule has 4 bridgehead atoms. The number of amides is 3. The number of hydrogen-bond acceptors (Lipinski definition) is 5. The van der Waals surface area contributed by atoms with Gasteiger partial charge in [0.2, 0.25) is 11.8 Å². The van der Waals surface area contributed by atoms with Gasteiger partial charge in [-0.15, -0.1) is 11.8 Å². The summed E-state index contributed by atoms with van der Waals surface area (Å²) >= 11 is 1.68. The van der Waals surface area contributed by atoms with Crippen LogP contribution in [-0.4, -0.2) is 58.4 Å². The van der Waals surface area contributed by atoms with Crippen LogP contribution in [0.15, 0.2) is 17.0 Å². The third-order valence-electron chi connectivity index (χ3n) is 10.3. The van der Waals surface area contributed by atoms with Crippen LogP contribution in [0.1, 0.15) is 99.4 Å². The zero-order chi connectivity index (χ0) is 27.1. The normalized spacial score (nSPS) is 31.4. The highest BCUT2D eigenvalue weighted by molar-refractivity contribution is 7.99. The molecule has 1 saturated heterocycles. The van der Waals surface area contributed by atoms with Crippen molar-refractivity contribution >= 4 is 29.5 Å². The predicted octanol–water partition coefficient (Wildman–Crippen LogP) is 5.53. The number of imide groups is 1. The second kappa shape index (κ2) is 11.2. The SMILES string of the molecule is CN(CCCCCCCSc1ccc(F)c2c1CN(C1CCC(=O)NC1=O)C2=O)C12CC3CC(CC(C3)C1)C2. The van der Waals surface area contributed by atoms with E-state index in [1.807, 2.05) is 0 Å². The maximum Gasteiger partial charge on any atom is 0.258 e. The second-order valence-corrected chi connectivity index (χ2v) is 14.1. The van der Waals surface area contributed by atoms with Crippen molar-refractivity contribution in [1.29, 1.82) is 0 Å². The molecule has 1 N–H and O–H groups in total. The van der Waals surface area contributed by atoms with Crippen molar-refractivity contribution in [3.8, 4) is 0 Å². The average Bonchev–Trinajstić information content (AvgIpc) is 3.23. The zero-order valence-corrected chi connectivity index (χ0v) is 24.0. The minimum absolute atomic E-state index is 0.0906. The van der Waals surface area contributed by atoms with Crippen LogP contribution in [0.3, 0.4) is 0 Å². The Hall–Kier alpha value is -1.93. The van der Waals surface area contributed by atoms with Gasteiger partial charge in [-0.3, -0.25) is 19.7 Å². The van der Waals surface area contributed by atoms with Crippen molar-refractivity contribution in [3.63, 3.8) is 0 Å². The van der Waals surface area contributed by atoms with Crippen molar-refractivity contribution in [3.05, 3.63) is 29.1 Å². The molecule has 0 radical (unpaired) electrons. The fraction of sp³-hybridized carbons (Fsp3) is 0.710. The third kappa shape index (κ3) is 5.40. The predicted molar refractivity (Wildman–Crippen MR) is 150 cm³/mol. The van der Waals surface area contributed by atoms with Crippen molar-refractivity contribution in [2.45, 2.75) is 106 Å². The summed E-state index contributed by atoms with van der Waals surface area (Å²) in [4.78, 5) is 41.9. The van der Waals surface area contributed by atoms with Gasteiger partial charge in [0.1, 0.15) is 11.9 Å². The molecule has 6 nitrogen and oxygen atoms in total. The van der Waals surface area contributed by atoms with Crippen molar-refractivity contribution < 1.29 is 18.8 Å². The Bertz CT molecular complexity index is 1110. The largest absolute Gasteiger partial charge is 0.322 e. The number of benzene rings is 1. The zero-order valence-electron chi connectivity index (χ0n) is 23.2. The van der Waals surface area contributed by atoms with Gasteiger partial charge in [0, 0.05) is 29.0 Å². The van der Waals surface area contributed by atoms with E-state index >= 15 is 0 Å². The molecule has 2 heterocycles. The maximum atomic E-state index is 14.6. The van der Waals surface area contributed by atoms with Gasteiger partial charge in [-0.1, -0.05) is 19.3 Å².